The minimum Gasteiger partial charge on any atom is -0.391 e. The molecule has 24 heavy (non-hydrogen) atoms. The van der Waals surface area contributed by atoms with Gasteiger partial charge in [-0.1, -0.05) is 0 Å². The summed E-state index contributed by atoms with van der Waals surface area (Å²) < 4.78 is 2.29. The number of rotatable bonds is 5. The summed E-state index contributed by atoms with van der Waals surface area (Å²) in [6.07, 6.45) is 7.67. The number of aliphatic hydroxyl groups excluding tert-OH is 1. The molecule has 0 spiro atoms. The van der Waals surface area contributed by atoms with E-state index in [-0.39, 0.29) is 30.7 Å². The molecule has 1 aliphatic carbocycles. The second-order valence-corrected chi connectivity index (χ2v) is 6.75. The number of hydrogen-bond donors (Lipinski definition) is 2. The summed E-state index contributed by atoms with van der Waals surface area (Å²) >= 11 is 0. The van der Waals surface area contributed by atoms with Crippen molar-refractivity contribution in [1.29, 1.82) is 0 Å². The predicted molar refractivity (Wildman–Crippen MR) is 97.7 cm³/mol. The van der Waals surface area contributed by atoms with Gasteiger partial charge in [0.2, 0.25) is 5.91 Å². The number of imidazole rings is 1. The fraction of sp³-hybridized carbons (Fsp3) is 0.750. The molecule has 1 aliphatic heterocycles. The quantitative estimate of drug-likeness (QED) is 0.813. The van der Waals surface area contributed by atoms with Crippen LogP contribution in [0.2, 0.25) is 0 Å². The zero-order valence-corrected chi connectivity index (χ0v) is 15.6. The summed E-state index contributed by atoms with van der Waals surface area (Å²) in [5.41, 5.74) is 5.75. The molecule has 1 saturated heterocycles. The van der Waals surface area contributed by atoms with Gasteiger partial charge in [-0.05, 0) is 38.5 Å². The Bertz CT molecular complexity index is 526. The minimum atomic E-state index is -0.812. The Hall–Kier alpha value is -0.820. The number of likely N-dealkylation sites (tertiary alicyclic amines) is 1. The Morgan fingerprint density at radius 2 is 1.96 bits per heavy atom. The maximum absolute atomic E-state index is 12.2. The zero-order valence-electron chi connectivity index (χ0n) is 14.0. The third kappa shape index (κ3) is 4.85. The number of halogens is 2. The molecule has 1 aromatic rings. The Labute approximate surface area is 155 Å². The summed E-state index contributed by atoms with van der Waals surface area (Å²) in [6.45, 7) is 4.03. The van der Waals surface area contributed by atoms with Crippen LogP contribution in [0, 0.1) is 5.92 Å². The van der Waals surface area contributed by atoms with Crippen LogP contribution in [-0.2, 0) is 11.3 Å². The van der Waals surface area contributed by atoms with E-state index >= 15 is 0 Å². The lowest BCUT2D eigenvalue weighted by Crippen LogP contribution is -2.51. The van der Waals surface area contributed by atoms with Gasteiger partial charge in [0.15, 0.2) is 0 Å². The van der Waals surface area contributed by atoms with Crippen LogP contribution in [0.3, 0.4) is 0 Å². The molecule has 1 amide bonds. The second kappa shape index (κ2) is 9.04. The van der Waals surface area contributed by atoms with Gasteiger partial charge in [-0.15, -0.1) is 24.8 Å². The van der Waals surface area contributed by atoms with Crippen LogP contribution in [0.1, 0.15) is 44.3 Å². The number of hydrogen-bond acceptors (Lipinski definition) is 4. The van der Waals surface area contributed by atoms with Gasteiger partial charge < -0.3 is 20.3 Å². The highest BCUT2D eigenvalue weighted by atomic mass is 35.5. The number of aromatic nitrogens is 2. The van der Waals surface area contributed by atoms with E-state index in [1.807, 2.05) is 6.20 Å². The molecule has 2 heterocycles. The number of nitrogens with zero attached hydrogens (tertiary/aromatic N) is 3. The molecular weight excluding hydrogens is 351 g/mol. The molecule has 1 saturated carbocycles. The summed E-state index contributed by atoms with van der Waals surface area (Å²) in [5.74, 6) is 2.27. The lowest BCUT2D eigenvalue weighted by atomic mass is 9.95. The van der Waals surface area contributed by atoms with Crippen LogP contribution in [0.15, 0.2) is 12.4 Å². The molecule has 2 fully saturated rings. The number of aliphatic hydroxyl groups is 1. The van der Waals surface area contributed by atoms with Crippen molar-refractivity contribution < 1.29 is 9.90 Å². The summed E-state index contributed by atoms with van der Waals surface area (Å²) in [6, 6.07) is -0.812. The predicted octanol–water partition coefficient (Wildman–Crippen LogP) is 1.55. The Morgan fingerprint density at radius 3 is 2.50 bits per heavy atom. The van der Waals surface area contributed by atoms with Gasteiger partial charge in [0.25, 0.3) is 0 Å². The van der Waals surface area contributed by atoms with Crippen molar-refractivity contribution in [2.45, 2.75) is 57.2 Å². The van der Waals surface area contributed by atoms with E-state index in [1.165, 1.54) is 18.7 Å². The average Bonchev–Trinajstić information content (AvgIpc) is 3.21. The molecule has 2 aliphatic rings. The molecule has 0 unspecified atom stereocenters. The molecule has 6 nitrogen and oxygen atoms in total. The molecule has 0 bridgehead atoms. The zero-order chi connectivity index (χ0) is 15.7. The second-order valence-electron chi connectivity index (χ2n) is 6.75. The van der Waals surface area contributed by atoms with Gasteiger partial charge in [0.1, 0.15) is 11.9 Å². The van der Waals surface area contributed by atoms with E-state index in [4.69, 9.17) is 5.73 Å². The fourth-order valence-electron chi connectivity index (χ4n) is 3.19. The first-order chi connectivity index (χ1) is 10.6. The number of carbonyl (C=O) groups is 1. The van der Waals surface area contributed by atoms with Crippen LogP contribution >= 0.6 is 24.8 Å². The molecule has 2 atom stereocenters. The lowest BCUT2D eigenvalue weighted by molar-refractivity contribution is -0.135. The molecule has 0 radical (unpaired) electrons. The van der Waals surface area contributed by atoms with Crippen molar-refractivity contribution in [3.63, 3.8) is 0 Å². The summed E-state index contributed by atoms with van der Waals surface area (Å²) in [7, 11) is 0. The standard InChI is InChI=1S/C16H26N4O2.2ClH/c1-11(21)14(17)16(22)19-7-4-13(5-8-19)15-18-6-9-20(15)10-12-2-3-12;;/h6,9,11-14,21H,2-5,7-8,10,17H2,1H3;2*1H/t11-,14+;;/m1../s1. The van der Waals surface area contributed by atoms with Gasteiger partial charge in [-0.3, -0.25) is 4.79 Å². The third-order valence-electron chi connectivity index (χ3n) is 4.88. The molecule has 1 aromatic heterocycles. The molecular formula is C16H28Cl2N4O2. The third-order valence-corrected chi connectivity index (χ3v) is 4.88. The van der Waals surface area contributed by atoms with Crippen LogP contribution in [0.25, 0.3) is 0 Å². The lowest BCUT2D eigenvalue weighted by Gasteiger charge is -2.34. The topological polar surface area (TPSA) is 84.4 Å². The highest BCUT2D eigenvalue weighted by Gasteiger charge is 2.31. The summed E-state index contributed by atoms with van der Waals surface area (Å²) in [5, 5.41) is 9.46. The van der Waals surface area contributed by atoms with Crippen LogP contribution in [-0.4, -0.2) is 50.7 Å². The number of amides is 1. The van der Waals surface area contributed by atoms with E-state index in [9.17, 15) is 9.90 Å². The average molecular weight is 379 g/mol. The molecule has 3 rings (SSSR count). The first-order valence-corrected chi connectivity index (χ1v) is 8.29. The van der Waals surface area contributed by atoms with Crippen molar-refractivity contribution in [2.75, 3.05) is 13.1 Å². The smallest absolute Gasteiger partial charge is 0.242 e. The molecule has 138 valence electrons. The number of carbonyl (C=O) groups excluding carboxylic acids is 1. The van der Waals surface area contributed by atoms with E-state index in [0.29, 0.717) is 19.0 Å². The fourth-order valence-corrected chi connectivity index (χ4v) is 3.19. The highest BCUT2D eigenvalue weighted by molar-refractivity contribution is 5.85. The maximum atomic E-state index is 12.2. The van der Waals surface area contributed by atoms with Gasteiger partial charge in [0, 0.05) is 37.9 Å². The van der Waals surface area contributed by atoms with Gasteiger partial charge in [-0.25, -0.2) is 4.98 Å². The van der Waals surface area contributed by atoms with Gasteiger partial charge in [-0.2, -0.15) is 0 Å². The van der Waals surface area contributed by atoms with Crippen molar-refractivity contribution >= 4 is 30.7 Å². The van der Waals surface area contributed by atoms with E-state index < -0.39 is 12.1 Å². The van der Waals surface area contributed by atoms with Crippen molar-refractivity contribution in [3.8, 4) is 0 Å². The number of nitrogens with two attached hydrogens (primary N) is 1. The van der Waals surface area contributed by atoms with Gasteiger partial charge >= 0.3 is 0 Å². The molecule has 3 N–H and O–H groups in total. The van der Waals surface area contributed by atoms with Crippen LogP contribution in [0.4, 0.5) is 0 Å². The Morgan fingerprint density at radius 1 is 1.33 bits per heavy atom. The van der Waals surface area contributed by atoms with Crippen molar-refractivity contribution in [2.24, 2.45) is 11.7 Å². The SMILES string of the molecule is C[C@@H](O)[C@H](N)C(=O)N1CCC(c2nccn2CC2CC2)CC1.Cl.Cl. The minimum absolute atomic E-state index is 0. The largest absolute Gasteiger partial charge is 0.391 e. The van der Waals surface area contributed by atoms with Crippen LogP contribution < -0.4 is 5.73 Å². The van der Waals surface area contributed by atoms with Crippen molar-refractivity contribution in [1.82, 2.24) is 14.5 Å². The van der Waals surface area contributed by atoms with Crippen molar-refractivity contribution in [3.05, 3.63) is 18.2 Å². The number of piperidine rings is 1. The van der Waals surface area contributed by atoms with E-state index in [0.717, 1.165) is 25.3 Å². The Kier molecular flexibility index (Phi) is 7.99. The Balaban J connectivity index is 0.00000144. The molecule has 8 heteroatoms. The van der Waals surface area contributed by atoms with E-state index in [1.54, 1.807) is 11.8 Å². The maximum Gasteiger partial charge on any atom is 0.242 e. The molecule has 0 aromatic carbocycles. The highest BCUT2D eigenvalue weighted by Crippen LogP contribution is 2.33. The van der Waals surface area contributed by atoms with Crippen LogP contribution in [0.5, 0.6) is 0 Å². The first-order valence-electron chi connectivity index (χ1n) is 8.29. The normalized spacial score (nSPS) is 20.7. The summed E-state index contributed by atoms with van der Waals surface area (Å²) in [4.78, 5) is 18.5. The van der Waals surface area contributed by atoms with E-state index in [2.05, 4.69) is 15.7 Å². The monoisotopic (exact) mass is 378 g/mol. The van der Waals surface area contributed by atoms with Gasteiger partial charge in [0.05, 0.1) is 6.10 Å². The first kappa shape index (κ1) is 21.2.